The molecule has 1 aliphatic rings. The number of aryl methyl sites for hydroxylation is 1. The second-order valence-corrected chi connectivity index (χ2v) is 5.85. The zero-order valence-corrected chi connectivity index (χ0v) is 10.8. The van der Waals surface area contributed by atoms with E-state index < -0.39 is 22.4 Å². The van der Waals surface area contributed by atoms with Crippen LogP contribution in [0.15, 0.2) is 29.2 Å². The average Bonchev–Trinajstić information content (AvgIpc) is 2.32. The van der Waals surface area contributed by atoms with E-state index in [9.17, 15) is 12.8 Å². The number of hydrogen-bond acceptors (Lipinski definition) is 4. The lowest BCUT2D eigenvalue weighted by Gasteiger charge is -2.25. The fourth-order valence-corrected chi connectivity index (χ4v) is 2.84. The molecule has 2 unspecified atom stereocenters. The van der Waals surface area contributed by atoms with Gasteiger partial charge in [0, 0.05) is 13.0 Å². The van der Waals surface area contributed by atoms with Crippen LogP contribution in [0.25, 0.3) is 0 Å². The Morgan fingerprint density at radius 3 is 2.61 bits per heavy atom. The van der Waals surface area contributed by atoms with Gasteiger partial charge in [-0.3, -0.25) is 4.18 Å². The van der Waals surface area contributed by atoms with Gasteiger partial charge in [-0.05, 0) is 19.1 Å². The third kappa shape index (κ3) is 3.07. The van der Waals surface area contributed by atoms with Crippen LogP contribution in [0.5, 0.6) is 0 Å². The molecule has 4 nitrogen and oxygen atoms in total. The van der Waals surface area contributed by atoms with Crippen molar-refractivity contribution in [3.63, 3.8) is 0 Å². The highest BCUT2D eigenvalue weighted by molar-refractivity contribution is 7.86. The predicted octanol–water partition coefficient (Wildman–Crippen LogP) is 1.83. The summed E-state index contributed by atoms with van der Waals surface area (Å²) in [6, 6.07) is 6.26. The van der Waals surface area contributed by atoms with Gasteiger partial charge in [0.15, 0.2) is 6.17 Å². The van der Waals surface area contributed by atoms with Crippen LogP contribution in [0.3, 0.4) is 0 Å². The van der Waals surface area contributed by atoms with Crippen LogP contribution in [0.2, 0.25) is 0 Å². The molecule has 2 atom stereocenters. The van der Waals surface area contributed by atoms with Gasteiger partial charge in [-0.25, -0.2) is 4.39 Å². The van der Waals surface area contributed by atoms with E-state index in [2.05, 4.69) is 0 Å². The molecule has 6 heteroatoms. The molecule has 0 amide bonds. The van der Waals surface area contributed by atoms with Crippen LogP contribution >= 0.6 is 0 Å². The van der Waals surface area contributed by atoms with Crippen LogP contribution in [-0.2, 0) is 19.0 Å². The molecule has 1 saturated heterocycles. The number of hydrogen-bond donors (Lipinski definition) is 0. The lowest BCUT2D eigenvalue weighted by molar-refractivity contribution is -0.0358. The molecule has 18 heavy (non-hydrogen) atoms. The maximum atomic E-state index is 13.4. The zero-order chi connectivity index (χ0) is 13.2. The summed E-state index contributed by atoms with van der Waals surface area (Å²) in [5.41, 5.74) is 0.948. The number of benzene rings is 1. The normalized spacial score (nSPS) is 25.0. The summed E-state index contributed by atoms with van der Waals surface area (Å²) in [5, 5.41) is 0. The van der Waals surface area contributed by atoms with E-state index >= 15 is 0 Å². The van der Waals surface area contributed by atoms with Crippen LogP contribution in [0, 0.1) is 6.92 Å². The molecule has 1 aromatic carbocycles. The fourth-order valence-electron chi connectivity index (χ4n) is 1.72. The van der Waals surface area contributed by atoms with Gasteiger partial charge in [0.05, 0.1) is 11.5 Å². The molecule has 0 saturated carbocycles. The van der Waals surface area contributed by atoms with E-state index in [1.807, 2.05) is 6.92 Å². The molecular formula is C12H15FO4S. The van der Waals surface area contributed by atoms with Gasteiger partial charge in [0.1, 0.15) is 6.10 Å². The van der Waals surface area contributed by atoms with Crippen molar-refractivity contribution < 1.29 is 21.7 Å². The SMILES string of the molecule is Cc1ccc(S(=O)(=O)OC2CCOCC2F)cc1. The van der Waals surface area contributed by atoms with Crippen molar-refractivity contribution >= 4 is 10.1 Å². The lowest BCUT2D eigenvalue weighted by atomic mass is 10.1. The molecule has 1 aliphatic heterocycles. The van der Waals surface area contributed by atoms with E-state index in [1.165, 1.54) is 12.1 Å². The Morgan fingerprint density at radius 1 is 1.33 bits per heavy atom. The fraction of sp³-hybridized carbons (Fsp3) is 0.500. The molecule has 0 N–H and O–H groups in total. The first kappa shape index (κ1) is 13.5. The monoisotopic (exact) mass is 274 g/mol. The average molecular weight is 274 g/mol. The van der Waals surface area contributed by atoms with E-state index in [4.69, 9.17) is 8.92 Å². The molecule has 0 aromatic heterocycles. The van der Waals surface area contributed by atoms with Crippen molar-refractivity contribution in [3.05, 3.63) is 29.8 Å². The second-order valence-electron chi connectivity index (χ2n) is 4.28. The van der Waals surface area contributed by atoms with Crippen molar-refractivity contribution in [1.82, 2.24) is 0 Å². The third-order valence-electron chi connectivity index (χ3n) is 2.79. The maximum Gasteiger partial charge on any atom is 0.297 e. The lowest BCUT2D eigenvalue weighted by Crippen LogP contribution is -2.37. The molecule has 0 aliphatic carbocycles. The molecule has 0 bridgehead atoms. The molecule has 0 radical (unpaired) electrons. The first-order valence-corrected chi connectivity index (χ1v) is 7.11. The molecule has 1 aromatic rings. The molecular weight excluding hydrogens is 259 g/mol. The summed E-state index contributed by atoms with van der Waals surface area (Å²) < 4.78 is 47.1. The summed E-state index contributed by atoms with van der Waals surface area (Å²) in [5.74, 6) is 0. The van der Waals surface area contributed by atoms with E-state index in [-0.39, 0.29) is 17.9 Å². The van der Waals surface area contributed by atoms with Crippen molar-refractivity contribution in [2.75, 3.05) is 13.2 Å². The molecule has 100 valence electrons. The minimum atomic E-state index is -3.91. The second kappa shape index (κ2) is 5.34. The third-order valence-corrected chi connectivity index (χ3v) is 4.14. The van der Waals surface area contributed by atoms with Gasteiger partial charge < -0.3 is 4.74 Å². The standard InChI is InChI=1S/C12H15FO4S/c1-9-2-4-10(5-3-9)18(14,15)17-12-6-7-16-8-11(12)13/h2-5,11-12H,6-8H2,1H3. The summed E-state index contributed by atoms with van der Waals surface area (Å²) in [4.78, 5) is 0.0480. The predicted molar refractivity (Wildman–Crippen MR) is 63.6 cm³/mol. The van der Waals surface area contributed by atoms with Gasteiger partial charge >= 0.3 is 0 Å². The van der Waals surface area contributed by atoms with Gasteiger partial charge in [-0.15, -0.1) is 0 Å². The number of ether oxygens (including phenoxy) is 1. The summed E-state index contributed by atoms with van der Waals surface area (Å²) in [6.45, 7) is 2.05. The highest BCUT2D eigenvalue weighted by Gasteiger charge is 2.31. The van der Waals surface area contributed by atoms with Gasteiger partial charge in [-0.1, -0.05) is 17.7 Å². The largest absolute Gasteiger partial charge is 0.378 e. The Morgan fingerprint density at radius 2 is 2.00 bits per heavy atom. The summed E-state index contributed by atoms with van der Waals surface area (Å²) in [6.07, 6.45) is -2.12. The van der Waals surface area contributed by atoms with Gasteiger partial charge in [0.2, 0.25) is 0 Å². The van der Waals surface area contributed by atoms with Crippen molar-refractivity contribution in [2.24, 2.45) is 0 Å². The van der Waals surface area contributed by atoms with Gasteiger partial charge in [0.25, 0.3) is 10.1 Å². The smallest absolute Gasteiger partial charge is 0.297 e. The molecule has 1 fully saturated rings. The van der Waals surface area contributed by atoms with Crippen LogP contribution < -0.4 is 0 Å². The minimum Gasteiger partial charge on any atom is -0.378 e. The van der Waals surface area contributed by atoms with Gasteiger partial charge in [-0.2, -0.15) is 8.42 Å². The van der Waals surface area contributed by atoms with E-state index in [1.54, 1.807) is 12.1 Å². The summed E-state index contributed by atoms with van der Waals surface area (Å²) >= 11 is 0. The minimum absolute atomic E-state index is 0.0480. The first-order chi connectivity index (χ1) is 8.49. The Kier molecular flexibility index (Phi) is 3.99. The summed E-state index contributed by atoms with van der Waals surface area (Å²) in [7, 11) is -3.91. The highest BCUT2D eigenvalue weighted by atomic mass is 32.2. The van der Waals surface area contributed by atoms with Crippen molar-refractivity contribution in [1.29, 1.82) is 0 Å². The number of halogens is 1. The van der Waals surface area contributed by atoms with Crippen LogP contribution in [-0.4, -0.2) is 33.9 Å². The molecule has 0 spiro atoms. The number of alkyl halides is 1. The Bertz CT molecular complexity index is 497. The van der Waals surface area contributed by atoms with Crippen LogP contribution in [0.4, 0.5) is 4.39 Å². The van der Waals surface area contributed by atoms with Crippen molar-refractivity contribution in [2.45, 2.75) is 30.5 Å². The Balaban J connectivity index is 2.13. The quantitative estimate of drug-likeness (QED) is 0.789. The molecule has 1 heterocycles. The first-order valence-electron chi connectivity index (χ1n) is 5.71. The van der Waals surface area contributed by atoms with E-state index in [0.29, 0.717) is 6.61 Å². The maximum absolute atomic E-state index is 13.4. The van der Waals surface area contributed by atoms with E-state index in [0.717, 1.165) is 5.56 Å². The zero-order valence-electron chi connectivity index (χ0n) is 10.0. The van der Waals surface area contributed by atoms with Crippen LogP contribution in [0.1, 0.15) is 12.0 Å². The topological polar surface area (TPSA) is 52.6 Å². The number of rotatable bonds is 3. The highest BCUT2D eigenvalue weighted by Crippen LogP contribution is 2.21. The van der Waals surface area contributed by atoms with Crippen molar-refractivity contribution in [3.8, 4) is 0 Å². The Labute approximate surface area is 106 Å². The molecule has 2 rings (SSSR count). The Hall–Kier alpha value is -0.980.